The molecule has 1 rings (SSSR count). The van der Waals surface area contributed by atoms with E-state index in [-0.39, 0.29) is 10.7 Å². The van der Waals surface area contributed by atoms with Crippen molar-refractivity contribution in [2.75, 3.05) is 11.9 Å². The lowest BCUT2D eigenvalue weighted by Gasteiger charge is -2.08. The second-order valence-corrected chi connectivity index (χ2v) is 4.85. The fraction of sp³-hybridized carbons (Fsp3) is 0.417. The van der Waals surface area contributed by atoms with E-state index in [4.69, 9.17) is 4.74 Å². The number of carbonyl (C=O) groups excluding carboxylic acids is 1. The number of amides is 1. The van der Waals surface area contributed by atoms with Crippen molar-refractivity contribution in [3.63, 3.8) is 0 Å². The summed E-state index contributed by atoms with van der Waals surface area (Å²) in [6.07, 6.45) is 0.986. The number of halogens is 1. The summed E-state index contributed by atoms with van der Waals surface area (Å²) in [5, 5.41) is 2.78. The third-order valence-electron chi connectivity index (χ3n) is 1.96. The zero-order valence-electron chi connectivity index (χ0n) is 9.50. The molecule has 1 atom stereocenters. The number of benzene rings is 1. The van der Waals surface area contributed by atoms with Gasteiger partial charge in [-0.1, -0.05) is 22.9 Å². The largest absolute Gasteiger partial charge is 0.494 e. The van der Waals surface area contributed by atoms with Crippen molar-refractivity contribution in [2.24, 2.45) is 0 Å². The summed E-state index contributed by atoms with van der Waals surface area (Å²) >= 11 is 3.21. The molecule has 0 fully saturated rings. The minimum absolute atomic E-state index is 0.0535. The summed E-state index contributed by atoms with van der Waals surface area (Å²) in [5.74, 6) is 0.772. The first kappa shape index (κ1) is 13.0. The lowest BCUT2D eigenvalue weighted by molar-refractivity contribution is -0.115. The first-order valence-corrected chi connectivity index (χ1v) is 6.23. The fourth-order valence-electron chi connectivity index (χ4n) is 1.10. The summed E-state index contributed by atoms with van der Waals surface area (Å²) in [6, 6.07) is 7.37. The Morgan fingerprint density at radius 2 is 2.06 bits per heavy atom. The van der Waals surface area contributed by atoms with Gasteiger partial charge in [0, 0.05) is 5.69 Å². The molecule has 0 aliphatic heterocycles. The Morgan fingerprint density at radius 3 is 2.56 bits per heavy atom. The van der Waals surface area contributed by atoms with E-state index in [9.17, 15) is 4.79 Å². The van der Waals surface area contributed by atoms with Crippen LogP contribution in [-0.4, -0.2) is 17.3 Å². The maximum absolute atomic E-state index is 11.4. The van der Waals surface area contributed by atoms with Crippen molar-refractivity contribution in [1.82, 2.24) is 0 Å². The van der Waals surface area contributed by atoms with E-state index in [1.807, 2.05) is 24.3 Å². The van der Waals surface area contributed by atoms with E-state index >= 15 is 0 Å². The minimum atomic E-state index is -0.191. The molecule has 0 radical (unpaired) electrons. The molecule has 1 aromatic carbocycles. The lowest BCUT2D eigenvalue weighted by atomic mass is 10.3. The van der Waals surface area contributed by atoms with E-state index < -0.39 is 0 Å². The van der Waals surface area contributed by atoms with Gasteiger partial charge in [0.15, 0.2) is 0 Å². The lowest BCUT2D eigenvalue weighted by Crippen LogP contribution is -2.19. The second-order valence-electron chi connectivity index (χ2n) is 3.48. The molecule has 1 N–H and O–H groups in total. The van der Waals surface area contributed by atoms with Gasteiger partial charge in [-0.25, -0.2) is 0 Å². The van der Waals surface area contributed by atoms with Gasteiger partial charge in [0.25, 0.3) is 0 Å². The predicted octanol–water partition coefficient (Wildman–Crippen LogP) is 3.20. The molecular formula is C12H16BrNO2. The van der Waals surface area contributed by atoms with E-state index in [2.05, 4.69) is 28.2 Å². The highest BCUT2D eigenvalue weighted by molar-refractivity contribution is 9.10. The molecule has 0 aromatic heterocycles. The molecule has 0 heterocycles. The maximum atomic E-state index is 11.4. The first-order valence-electron chi connectivity index (χ1n) is 5.31. The van der Waals surface area contributed by atoms with Crippen LogP contribution in [0.1, 0.15) is 20.3 Å². The molecule has 0 aliphatic carbocycles. The zero-order valence-corrected chi connectivity index (χ0v) is 11.1. The number of anilines is 1. The number of hydrogen-bond acceptors (Lipinski definition) is 2. The summed E-state index contributed by atoms with van der Waals surface area (Å²) in [5.41, 5.74) is 0.778. The normalized spacial score (nSPS) is 11.9. The molecule has 0 aliphatic rings. The number of alkyl halides is 1. The summed E-state index contributed by atoms with van der Waals surface area (Å²) in [6.45, 7) is 4.56. The third kappa shape index (κ3) is 4.23. The summed E-state index contributed by atoms with van der Waals surface area (Å²) in [4.78, 5) is 11.2. The topological polar surface area (TPSA) is 38.3 Å². The van der Waals surface area contributed by atoms with Crippen LogP contribution in [0.5, 0.6) is 5.75 Å². The monoisotopic (exact) mass is 285 g/mol. The fourth-order valence-corrected chi connectivity index (χ4v) is 1.21. The molecule has 0 saturated carbocycles. The average Bonchev–Trinajstić information content (AvgIpc) is 2.28. The van der Waals surface area contributed by atoms with E-state index in [1.165, 1.54) is 0 Å². The summed E-state index contributed by atoms with van der Waals surface area (Å²) < 4.78 is 5.44. The Hall–Kier alpha value is -1.03. The molecule has 88 valence electrons. The van der Waals surface area contributed by atoms with Gasteiger partial charge in [0.05, 0.1) is 11.4 Å². The third-order valence-corrected chi connectivity index (χ3v) is 2.37. The van der Waals surface area contributed by atoms with Gasteiger partial charge in [-0.2, -0.15) is 0 Å². The van der Waals surface area contributed by atoms with Gasteiger partial charge < -0.3 is 10.1 Å². The Morgan fingerprint density at radius 1 is 1.44 bits per heavy atom. The van der Waals surface area contributed by atoms with Gasteiger partial charge in [-0.3, -0.25) is 4.79 Å². The smallest absolute Gasteiger partial charge is 0.237 e. The van der Waals surface area contributed by atoms with Gasteiger partial charge in [0.2, 0.25) is 5.91 Å². The van der Waals surface area contributed by atoms with Gasteiger partial charge in [0.1, 0.15) is 5.75 Å². The van der Waals surface area contributed by atoms with Crippen LogP contribution < -0.4 is 10.1 Å². The highest BCUT2D eigenvalue weighted by atomic mass is 79.9. The van der Waals surface area contributed by atoms with E-state index in [0.717, 1.165) is 17.9 Å². The molecule has 4 heteroatoms. The molecule has 3 nitrogen and oxygen atoms in total. The summed E-state index contributed by atoms with van der Waals surface area (Å²) in [7, 11) is 0. The van der Waals surface area contributed by atoms with Crippen LogP contribution in [0.4, 0.5) is 5.69 Å². The van der Waals surface area contributed by atoms with Crippen LogP contribution in [0.15, 0.2) is 24.3 Å². The van der Waals surface area contributed by atoms with Crippen LogP contribution in [-0.2, 0) is 4.79 Å². The second kappa shape index (κ2) is 6.53. The van der Waals surface area contributed by atoms with Crippen LogP contribution in [0, 0.1) is 0 Å². The van der Waals surface area contributed by atoms with Gasteiger partial charge in [-0.05, 0) is 37.6 Å². The molecule has 1 aromatic rings. The Kier molecular flexibility index (Phi) is 5.32. The number of ether oxygens (including phenoxy) is 1. The molecule has 0 spiro atoms. The van der Waals surface area contributed by atoms with Crippen LogP contribution in [0.2, 0.25) is 0 Å². The maximum Gasteiger partial charge on any atom is 0.237 e. The molecule has 0 bridgehead atoms. The van der Waals surface area contributed by atoms with Gasteiger partial charge in [-0.15, -0.1) is 0 Å². The Bertz CT molecular complexity index is 335. The number of nitrogens with one attached hydrogen (secondary N) is 1. The van der Waals surface area contributed by atoms with Gasteiger partial charge >= 0.3 is 0 Å². The van der Waals surface area contributed by atoms with Crippen LogP contribution >= 0.6 is 15.9 Å². The Labute approximate surface area is 104 Å². The van der Waals surface area contributed by atoms with E-state index in [1.54, 1.807) is 6.92 Å². The quantitative estimate of drug-likeness (QED) is 0.844. The van der Waals surface area contributed by atoms with Crippen molar-refractivity contribution in [3.05, 3.63) is 24.3 Å². The number of hydrogen-bond donors (Lipinski definition) is 1. The zero-order chi connectivity index (χ0) is 12.0. The van der Waals surface area contributed by atoms with Crippen LogP contribution in [0.25, 0.3) is 0 Å². The predicted molar refractivity (Wildman–Crippen MR) is 69.2 cm³/mol. The highest BCUT2D eigenvalue weighted by Crippen LogP contribution is 2.16. The minimum Gasteiger partial charge on any atom is -0.494 e. The van der Waals surface area contributed by atoms with Crippen molar-refractivity contribution in [3.8, 4) is 5.75 Å². The van der Waals surface area contributed by atoms with Crippen molar-refractivity contribution in [1.29, 1.82) is 0 Å². The van der Waals surface area contributed by atoms with Crippen molar-refractivity contribution >= 4 is 27.5 Å². The van der Waals surface area contributed by atoms with Crippen molar-refractivity contribution in [2.45, 2.75) is 25.1 Å². The first-order chi connectivity index (χ1) is 7.63. The Balaban J connectivity index is 2.54. The molecule has 0 saturated heterocycles. The van der Waals surface area contributed by atoms with Crippen molar-refractivity contribution < 1.29 is 9.53 Å². The number of rotatable bonds is 5. The molecular weight excluding hydrogens is 270 g/mol. The molecule has 16 heavy (non-hydrogen) atoms. The molecule has 1 amide bonds. The highest BCUT2D eigenvalue weighted by Gasteiger charge is 2.08. The van der Waals surface area contributed by atoms with Crippen LogP contribution in [0.3, 0.4) is 0 Å². The average molecular weight is 286 g/mol. The van der Waals surface area contributed by atoms with E-state index in [0.29, 0.717) is 6.61 Å². The standard InChI is InChI=1S/C12H16BrNO2/c1-3-8-16-11-6-4-10(5-7-11)14-12(15)9(2)13/h4-7,9H,3,8H2,1-2H3,(H,14,15). The SMILES string of the molecule is CCCOc1ccc(NC(=O)C(C)Br)cc1. The molecule has 1 unspecified atom stereocenters. The number of carbonyl (C=O) groups is 1.